The van der Waals surface area contributed by atoms with Crippen LogP contribution < -0.4 is 4.74 Å². The van der Waals surface area contributed by atoms with Crippen molar-refractivity contribution < 1.29 is 19.1 Å². The molecule has 108 valence electrons. The summed E-state index contributed by atoms with van der Waals surface area (Å²) in [6.07, 6.45) is 3.14. The second-order valence-electron chi connectivity index (χ2n) is 4.61. The number of ether oxygens (including phenoxy) is 2. The van der Waals surface area contributed by atoms with Gasteiger partial charge >= 0.3 is 11.9 Å². The fourth-order valence-corrected chi connectivity index (χ4v) is 1.68. The fraction of sp³-hybridized carbons (Fsp3) is 0.375. The van der Waals surface area contributed by atoms with Gasteiger partial charge in [0.25, 0.3) is 0 Å². The molecular formula is C16H20O4. The van der Waals surface area contributed by atoms with Crippen molar-refractivity contribution in [1.82, 2.24) is 0 Å². The van der Waals surface area contributed by atoms with Crippen LogP contribution in [0.15, 0.2) is 30.4 Å². The molecule has 0 saturated carbocycles. The highest BCUT2D eigenvalue weighted by Crippen LogP contribution is 2.25. The van der Waals surface area contributed by atoms with Gasteiger partial charge in [0.15, 0.2) is 0 Å². The Labute approximate surface area is 119 Å². The summed E-state index contributed by atoms with van der Waals surface area (Å²) >= 11 is 0. The molecule has 4 heteroatoms. The van der Waals surface area contributed by atoms with Gasteiger partial charge in [-0.1, -0.05) is 26.0 Å². The van der Waals surface area contributed by atoms with E-state index in [0.717, 1.165) is 24.1 Å². The molecule has 4 nitrogen and oxygen atoms in total. The number of carbonyl (C=O) groups excluding carboxylic acids is 2. The predicted molar refractivity (Wildman–Crippen MR) is 76.7 cm³/mol. The molecule has 0 radical (unpaired) electrons. The molecule has 0 saturated heterocycles. The van der Waals surface area contributed by atoms with Crippen LogP contribution >= 0.6 is 0 Å². The summed E-state index contributed by atoms with van der Waals surface area (Å²) in [5.41, 5.74) is 2.11. The number of benzene rings is 1. The Hall–Kier alpha value is -2.10. The number of hydrogen-bond donors (Lipinski definition) is 0. The molecule has 1 rings (SSSR count). The van der Waals surface area contributed by atoms with E-state index in [1.165, 1.54) is 12.7 Å². The van der Waals surface area contributed by atoms with Crippen molar-refractivity contribution in [2.45, 2.75) is 33.1 Å². The van der Waals surface area contributed by atoms with Crippen LogP contribution in [-0.4, -0.2) is 19.0 Å². The summed E-state index contributed by atoms with van der Waals surface area (Å²) < 4.78 is 9.57. The molecule has 1 aromatic rings. The largest absolute Gasteiger partial charge is 0.466 e. The van der Waals surface area contributed by atoms with Crippen molar-refractivity contribution in [3.05, 3.63) is 41.5 Å². The van der Waals surface area contributed by atoms with Crippen LogP contribution in [0.25, 0.3) is 0 Å². The van der Waals surface area contributed by atoms with Gasteiger partial charge in [-0.2, -0.15) is 0 Å². The van der Waals surface area contributed by atoms with Crippen molar-refractivity contribution in [1.29, 1.82) is 0 Å². The third-order valence-electron chi connectivity index (χ3n) is 3.15. The summed E-state index contributed by atoms with van der Waals surface area (Å²) in [6, 6.07) is 5.75. The maximum atomic E-state index is 11.5. The Morgan fingerprint density at radius 3 is 2.45 bits per heavy atom. The van der Waals surface area contributed by atoms with Crippen molar-refractivity contribution in [3.63, 3.8) is 0 Å². The van der Waals surface area contributed by atoms with Crippen LogP contribution in [-0.2, 0) is 14.3 Å². The first-order valence-corrected chi connectivity index (χ1v) is 6.56. The Morgan fingerprint density at radius 2 is 1.90 bits per heavy atom. The SMILES string of the molecule is CCC(C)c1ccc(OC(=O)C=CC(=O)OC)c(C)c1. The molecule has 0 spiro atoms. The molecule has 1 atom stereocenters. The Balaban J connectivity index is 2.76. The lowest BCUT2D eigenvalue weighted by Crippen LogP contribution is -2.07. The summed E-state index contributed by atoms with van der Waals surface area (Å²) in [7, 11) is 1.25. The monoisotopic (exact) mass is 276 g/mol. The zero-order valence-electron chi connectivity index (χ0n) is 12.3. The van der Waals surface area contributed by atoms with E-state index in [0.29, 0.717) is 11.7 Å². The zero-order valence-corrected chi connectivity index (χ0v) is 12.3. The molecule has 1 aromatic carbocycles. The molecule has 0 N–H and O–H groups in total. The third kappa shape index (κ3) is 4.53. The van der Waals surface area contributed by atoms with Crippen LogP contribution in [0.5, 0.6) is 5.75 Å². The van der Waals surface area contributed by atoms with Crippen LogP contribution in [0, 0.1) is 6.92 Å². The number of aryl methyl sites for hydroxylation is 1. The molecule has 0 aliphatic rings. The molecule has 0 aromatic heterocycles. The summed E-state index contributed by atoms with van der Waals surface area (Å²) in [4.78, 5) is 22.4. The van der Waals surface area contributed by atoms with E-state index in [4.69, 9.17) is 4.74 Å². The lowest BCUT2D eigenvalue weighted by molar-refractivity contribution is -0.135. The smallest absolute Gasteiger partial charge is 0.336 e. The van der Waals surface area contributed by atoms with E-state index < -0.39 is 11.9 Å². The van der Waals surface area contributed by atoms with Gasteiger partial charge in [-0.25, -0.2) is 9.59 Å². The van der Waals surface area contributed by atoms with Gasteiger partial charge in [-0.05, 0) is 36.5 Å². The second-order valence-corrected chi connectivity index (χ2v) is 4.61. The van der Waals surface area contributed by atoms with Crippen molar-refractivity contribution >= 4 is 11.9 Å². The quantitative estimate of drug-likeness (QED) is 0.471. The molecule has 0 amide bonds. The highest BCUT2D eigenvalue weighted by molar-refractivity contribution is 5.92. The van der Waals surface area contributed by atoms with E-state index in [9.17, 15) is 9.59 Å². The molecule has 0 aliphatic carbocycles. The van der Waals surface area contributed by atoms with Gasteiger partial charge in [0, 0.05) is 12.2 Å². The number of carbonyl (C=O) groups is 2. The second kappa shape index (κ2) is 7.48. The molecular weight excluding hydrogens is 256 g/mol. The molecule has 0 aliphatic heterocycles. The average molecular weight is 276 g/mol. The number of hydrogen-bond acceptors (Lipinski definition) is 4. The normalized spacial score (nSPS) is 12.2. The van der Waals surface area contributed by atoms with Crippen LogP contribution in [0.3, 0.4) is 0 Å². The van der Waals surface area contributed by atoms with Gasteiger partial charge in [-0.3, -0.25) is 0 Å². The van der Waals surface area contributed by atoms with Gasteiger partial charge in [0.2, 0.25) is 0 Å². The molecule has 0 fully saturated rings. The number of esters is 2. The minimum atomic E-state index is -0.602. The molecule has 1 unspecified atom stereocenters. The van der Waals surface area contributed by atoms with Gasteiger partial charge in [0.1, 0.15) is 5.75 Å². The number of methoxy groups -OCH3 is 1. The van der Waals surface area contributed by atoms with Crippen LogP contribution in [0.2, 0.25) is 0 Å². The van der Waals surface area contributed by atoms with Crippen LogP contribution in [0.1, 0.15) is 37.3 Å². The first-order valence-electron chi connectivity index (χ1n) is 6.56. The van der Waals surface area contributed by atoms with Crippen molar-refractivity contribution in [3.8, 4) is 5.75 Å². The lowest BCUT2D eigenvalue weighted by Gasteiger charge is -2.12. The summed E-state index contributed by atoms with van der Waals surface area (Å²) in [6.45, 7) is 6.17. The summed E-state index contributed by atoms with van der Waals surface area (Å²) in [5.74, 6) is -0.227. The standard InChI is InChI=1S/C16H20O4/c1-5-11(2)13-6-7-14(12(3)10-13)20-16(18)9-8-15(17)19-4/h6-11H,5H2,1-4H3. The first-order chi connectivity index (χ1) is 9.47. The highest BCUT2D eigenvalue weighted by Gasteiger charge is 2.08. The van der Waals surface area contributed by atoms with E-state index in [1.54, 1.807) is 6.07 Å². The first kappa shape index (κ1) is 16.0. The minimum Gasteiger partial charge on any atom is -0.466 e. The van der Waals surface area contributed by atoms with Gasteiger partial charge in [0.05, 0.1) is 7.11 Å². The van der Waals surface area contributed by atoms with Crippen molar-refractivity contribution in [2.75, 3.05) is 7.11 Å². The van der Waals surface area contributed by atoms with E-state index in [2.05, 4.69) is 18.6 Å². The van der Waals surface area contributed by atoms with E-state index >= 15 is 0 Å². The predicted octanol–water partition coefficient (Wildman–Crippen LogP) is 3.14. The van der Waals surface area contributed by atoms with Crippen molar-refractivity contribution in [2.24, 2.45) is 0 Å². The Morgan fingerprint density at radius 1 is 1.25 bits per heavy atom. The van der Waals surface area contributed by atoms with Gasteiger partial charge in [-0.15, -0.1) is 0 Å². The Bertz CT molecular complexity index is 517. The topological polar surface area (TPSA) is 52.6 Å². The zero-order chi connectivity index (χ0) is 15.1. The van der Waals surface area contributed by atoms with E-state index in [1.807, 2.05) is 19.1 Å². The Kier molecular flexibility index (Phi) is 5.97. The third-order valence-corrected chi connectivity index (χ3v) is 3.15. The highest BCUT2D eigenvalue weighted by atomic mass is 16.5. The minimum absolute atomic E-state index is 0.470. The fourth-order valence-electron chi connectivity index (χ4n) is 1.68. The molecule has 0 bridgehead atoms. The molecule has 20 heavy (non-hydrogen) atoms. The molecule has 0 heterocycles. The maximum absolute atomic E-state index is 11.5. The lowest BCUT2D eigenvalue weighted by atomic mass is 9.97. The van der Waals surface area contributed by atoms with E-state index in [-0.39, 0.29) is 0 Å². The van der Waals surface area contributed by atoms with Crippen LogP contribution in [0.4, 0.5) is 0 Å². The maximum Gasteiger partial charge on any atom is 0.336 e. The summed E-state index contributed by atoms with van der Waals surface area (Å²) in [5, 5.41) is 0. The number of rotatable bonds is 5. The average Bonchev–Trinajstić information content (AvgIpc) is 2.45. The van der Waals surface area contributed by atoms with Gasteiger partial charge < -0.3 is 9.47 Å².